The maximum atomic E-state index is 15.3. The molecule has 1 aliphatic rings. The third-order valence-electron chi connectivity index (χ3n) is 6.96. The lowest BCUT2D eigenvalue weighted by molar-refractivity contribution is 0.0493. The van der Waals surface area contributed by atoms with Crippen LogP contribution in [0.3, 0.4) is 0 Å². The van der Waals surface area contributed by atoms with Gasteiger partial charge in [-0.25, -0.2) is 14.2 Å². The smallest absolute Gasteiger partial charge is 0.350 e. The van der Waals surface area contributed by atoms with Gasteiger partial charge in [0.05, 0.1) is 11.7 Å². The van der Waals surface area contributed by atoms with Crippen molar-refractivity contribution in [1.29, 1.82) is 0 Å². The standard InChI is InChI=1S/C24H29FN6O2/c1-5-24(2)12-6-7-18(21(24)25)31(4)20-11-10-17(28-29-20)16-9-8-15(13-19(16)32)22-26-14-30(3)23(33)27-22/h8-11,13-14,18,21,32H,5-7,12H2,1-4H3/t18-,21-,24+/m1/s1. The maximum Gasteiger partial charge on any atom is 0.350 e. The molecule has 0 saturated heterocycles. The summed E-state index contributed by atoms with van der Waals surface area (Å²) in [7, 11) is 3.43. The van der Waals surface area contributed by atoms with Crippen LogP contribution in [0.25, 0.3) is 22.6 Å². The number of anilines is 1. The second kappa shape index (κ2) is 8.88. The van der Waals surface area contributed by atoms with E-state index in [1.807, 2.05) is 25.8 Å². The van der Waals surface area contributed by atoms with Gasteiger partial charge >= 0.3 is 5.69 Å². The average Bonchev–Trinajstić information content (AvgIpc) is 2.82. The second-order valence-corrected chi connectivity index (χ2v) is 9.06. The van der Waals surface area contributed by atoms with Crippen molar-refractivity contribution in [3.63, 3.8) is 0 Å². The molecule has 4 rings (SSSR count). The van der Waals surface area contributed by atoms with Crippen LogP contribution in [-0.2, 0) is 7.05 Å². The Balaban J connectivity index is 1.55. The molecule has 1 saturated carbocycles. The number of hydrogen-bond donors (Lipinski definition) is 1. The molecule has 0 spiro atoms. The van der Waals surface area contributed by atoms with Gasteiger partial charge in [0.25, 0.3) is 0 Å². The van der Waals surface area contributed by atoms with Crippen molar-refractivity contribution in [2.45, 2.75) is 51.7 Å². The van der Waals surface area contributed by atoms with Crippen molar-refractivity contribution in [1.82, 2.24) is 24.7 Å². The van der Waals surface area contributed by atoms with E-state index in [0.29, 0.717) is 22.6 Å². The number of phenols is 1. The van der Waals surface area contributed by atoms with Crippen molar-refractivity contribution in [2.75, 3.05) is 11.9 Å². The minimum absolute atomic E-state index is 0.0259. The van der Waals surface area contributed by atoms with Gasteiger partial charge in [0, 0.05) is 30.6 Å². The van der Waals surface area contributed by atoms with Crippen molar-refractivity contribution in [2.24, 2.45) is 12.5 Å². The number of nitrogens with zero attached hydrogens (tertiary/aromatic N) is 6. The van der Waals surface area contributed by atoms with Crippen molar-refractivity contribution in [3.05, 3.63) is 47.1 Å². The topological polar surface area (TPSA) is 97.0 Å². The Morgan fingerprint density at radius 2 is 2.06 bits per heavy atom. The Bertz CT molecular complexity index is 1200. The van der Waals surface area contributed by atoms with Crippen molar-refractivity contribution in [3.8, 4) is 28.4 Å². The monoisotopic (exact) mass is 452 g/mol. The van der Waals surface area contributed by atoms with Crippen LogP contribution in [0.1, 0.15) is 39.5 Å². The molecule has 9 heteroatoms. The summed E-state index contributed by atoms with van der Waals surface area (Å²) in [6.45, 7) is 4.07. The van der Waals surface area contributed by atoms with Crippen molar-refractivity contribution >= 4 is 5.82 Å². The van der Waals surface area contributed by atoms with E-state index in [9.17, 15) is 9.90 Å². The van der Waals surface area contributed by atoms with Gasteiger partial charge in [-0.1, -0.05) is 26.3 Å². The minimum atomic E-state index is -0.934. The third kappa shape index (κ3) is 4.31. The van der Waals surface area contributed by atoms with Crippen LogP contribution in [0, 0.1) is 5.41 Å². The van der Waals surface area contributed by atoms with E-state index >= 15 is 4.39 Å². The van der Waals surface area contributed by atoms with Gasteiger partial charge in [0.1, 0.15) is 18.2 Å². The fraction of sp³-hybridized carbons (Fsp3) is 0.458. The molecular weight excluding hydrogens is 423 g/mol. The Morgan fingerprint density at radius 3 is 2.70 bits per heavy atom. The lowest BCUT2D eigenvalue weighted by atomic mass is 9.70. The molecule has 0 unspecified atom stereocenters. The quantitative estimate of drug-likeness (QED) is 0.630. The highest BCUT2D eigenvalue weighted by Crippen LogP contribution is 2.43. The van der Waals surface area contributed by atoms with E-state index in [0.717, 1.165) is 25.7 Å². The molecule has 1 N–H and O–H groups in total. The summed E-state index contributed by atoms with van der Waals surface area (Å²) >= 11 is 0. The summed E-state index contributed by atoms with van der Waals surface area (Å²) < 4.78 is 16.6. The number of aryl methyl sites for hydroxylation is 1. The fourth-order valence-electron chi connectivity index (χ4n) is 4.47. The zero-order valence-electron chi connectivity index (χ0n) is 19.4. The molecule has 2 heterocycles. The summed E-state index contributed by atoms with van der Waals surface area (Å²) in [6.07, 6.45) is 3.93. The van der Waals surface area contributed by atoms with Gasteiger partial charge in [-0.2, -0.15) is 4.98 Å². The largest absolute Gasteiger partial charge is 0.507 e. The molecule has 33 heavy (non-hydrogen) atoms. The summed E-state index contributed by atoms with van der Waals surface area (Å²) in [5.41, 5.74) is 0.749. The number of rotatable bonds is 5. The summed E-state index contributed by atoms with van der Waals surface area (Å²) in [4.78, 5) is 21.7. The van der Waals surface area contributed by atoms with Gasteiger partial charge in [0.2, 0.25) is 0 Å². The van der Waals surface area contributed by atoms with Crippen LogP contribution >= 0.6 is 0 Å². The highest BCUT2D eigenvalue weighted by atomic mass is 19.1. The lowest BCUT2D eigenvalue weighted by Gasteiger charge is -2.44. The molecule has 8 nitrogen and oxygen atoms in total. The van der Waals surface area contributed by atoms with Gasteiger partial charge < -0.3 is 10.0 Å². The molecule has 1 aromatic carbocycles. The van der Waals surface area contributed by atoms with Crippen LogP contribution < -0.4 is 10.6 Å². The summed E-state index contributed by atoms with van der Waals surface area (Å²) in [6, 6.07) is 8.21. The van der Waals surface area contributed by atoms with Crippen molar-refractivity contribution < 1.29 is 9.50 Å². The first-order valence-electron chi connectivity index (χ1n) is 11.2. The Kier molecular flexibility index (Phi) is 6.14. The van der Waals surface area contributed by atoms with Crippen LogP contribution in [-0.4, -0.2) is 49.1 Å². The SMILES string of the molecule is CC[C@@]1(C)CCC[C@@H](N(C)c2ccc(-c3ccc(-c4ncn(C)c(=O)n4)cc3O)nn2)[C@H]1F. The lowest BCUT2D eigenvalue weighted by Crippen LogP contribution is -2.50. The van der Waals surface area contributed by atoms with E-state index in [2.05, 4.69) is 20.2 Å². The predicted octanol–water partition coefficient (Wildman–Crippen LogP) is 3.75. The van der Waals surface area contributed by atoms with E-state index < -0.39 is 11.9 Å². The highest BCUT2D eigenvalue weighted by Gasteiger charge is 2.43. The molecule has 0 radical (unpaired) electrons. The number of phenolic OH excluding ortho intramolecular Hbond substituents is 1. The normalized spacial score (nSPS) is 22.8. The Hall–Kier alpha value is -3.36. The first-order valence-corrected chi connectivity index (χ1v) is 11.2. The fourth-order valence-corrected chi connectivity index (χ4v) is 4.47. The molecule has 0 bridgehead atoms. The zero-order valence-corrected chi connectivity index (χ0v) is 19.4. The van der Waals surface area contributed by atoms with Gasteiger partial charge in [-0.15, -0.1) is 10.2 Å². The van der Waals surface area contributed by atoms with E-state index in [4.69, 9.17) is 0 Å². The summed E-state index contributed by atoms with van der Waals surface area (Å²) in [5, 5.41) is 19.2. The summed E-state index contributed by atoms with van der Waals surface area (Å²) in [5.74, 6) is 0.800. The maximum absolute atomic E-state index is 15.3. The molecule has 3 aromatic rings. The van der Waals surface area contributed by atoms with E-state index in [-0.39, 0.29) is 23.0 Å². The minimum Gasteiger partial charge on any atom is -0.507 e. The van der Waals surface area contributed by atoms with E-state index in [1.54, 1.807) is 31.3 Å². The number of aromatic hydroxyl groups is 1. The number of hydrogen-bond acceptors (Lipinski definition) is 7. The second-order valence-electron chi connectivity index (χ2n) is 9.06. The molecule has 1 aliphatic carbocycles. The van der Waals surface area contributed by atoms with Crippen LogP contribution in [0.2, 0.25) is 0 Å². The Morgan fingerprint density at radius 1 is 1.27 bits per heavy atom. The van der Waals surface area contributed by atoms with Crippen LogP contribution in [0.5, 0.6) is 5.75 Å². The predicted molar refractivity (Wildman–Crippen MR) is 125 cm³/mol. The molecule has 1 fully saturated rings. The van der Waals surface area contributed by atoms with Gasteiger partial charge in [0.15, 0.2) is 11.6 Å². The number of alkyl halides is 1. The highest BCUT2D eigenvalue weighted by molar-refractivity contribution is 5.72. The van der Waals surface area contributed by atoms with Crippen LogP contribution in [0.15, 0.2) is 41.5 Å². The van der Waals surface area contributed by atoms with Gasteiger partial charge in [-0.05, 0) is 43.5 Å². The zero-order chi connectivity index (χ0) is 23.8. The average molecular weight is 453 g/mol. The number of aromatic nitrogens is 5. The Labute approximate surface area is 192 Å². The first kappa shape index (κ1) is 22.8. The molecule has 174 valence electrons. The molecule has 3 atom stereocenters. The first-order chi connectivity index (χ1) is 15.7. The molecular formula is C24H29FN6O2. The molecule has 2 aromatic heterocycles. The molecule has 0 amide bonds. The number of halogens is 1. The molecule has 0 aliphatic heterocycles. The van der Waals surface area contributed by atoms with E-state index in [1.165, 1.54) is 17.0 Å². The van der Waals surface area contributed by atoms with Crippen LogP contribution in [0.4, 0.5) is 10.2 Å². The third-order valence-corrected chi connectivity index (χ3v) is 6.96. The van der Waals surface area contributed by atoms with Gasteiger partial charge in [-0.3, -0.25) is 4.57 Å². The number of benzene rings is 1.